The smallest absolute Gasteiger partial charge is 0.153 e. The summed E-state index contributed by atoms with van der Waals surface area (Å²) in [6.45, 7) is 2.08. The van der Waals surface area contributed by atoms with Crippen LogP contribution >= 0.6 is 11.3 Å². The lowest BCUT2D eigenvalue weighted by atomic mass is 10.00. The number of nitrogens with two attached hydrogens (primary N) is 1. The Balaban J connectivity index is 2.25. The molecule has 0 atom stereocenters. The van der Waals surface area contributed by atoms with Crippen molar-refractivity contribution in [3.05, 3.63) is 40.6 Å². The number of para-hydroxylation sites is 1. The zero-order valence-corrected chi connectivity index (χ0v) is 12.1. The van der Waals surface area contributed by atoms with E-state index in [0.29, 0.717) is 5.82 Å². The second-order valence-electron chi connectivity index (χ2n) is 4.53. The molecule has 0 radical (unpaired) electrons. The van der Waals surface area contributed by atoms with Gasteiger partial charge in [-0.3, -0.25) is 5.10 Å². The van der Waals surface area contributed by atoms with E-state index in [1.54, 1.807) is 18.4 Å². The van der Waals surface area contributed by atoms with Gasteiger partial charge in [0.2, 0.25) is 0 Å². The first-order valence-electron chi connectivity index (χ1n) is 6.22. The van der Waals surface area contributed by atoms with Crippen LogP contribution in [0.2, 0.25) is 0 Å². The summed E-state index contributed by atoms with van der Waals surface area (Å²) in [5, 5.41) is 11.4. The van der Waals surface area contributed by atoms with E-state index >= 15 is 0 Å². The van der Waals surface area contributed by atoms with Crippen LogP contribution in [-0.2, 0) is 0 Å². The van der Waals surface area contributed by atoms with E-state index in [2.05, 4.69) is 27.9 Å². The lowest BCUT2D eigenvalue weighted by Crippen LogP contribution is -1.92. The molecule has 1 aromatic carbocycles. The quantitative estimate of drug-likeness (QED) is 0.771. The lowest BCUT2D eigenvalue weighted by molar-refractivity contribution is 0.416. The van der Waals surface area contributed by atoms with E-state index in [1.807, 2.05) is 24.3 Å². The molecule has 0 unspecified atom stereocenters. The van der Waals surface area contributed by atoms with Crippen LogP contribution in [0.5, 0.6) is 5.75 Å². The molecule has 2 aromatic heterocycles. The molecule has 0 bridgehead atoms. The maximum Gasteiger partial charge on any atom is 0.153 e. The summed E-state index contributed by atoms with van der Waals surface area (Å²) in [6.07, 6.45) is 0. The first kappa shape index (κ1) is 12.7. The summed E-state index contributed by atoms with van der Waals surface area (Å²) in [7, 11) is 1.66. The Bertz CT molecular complexity index is 745. The number of aromatic nitrogens is 2. The molecule has 0 fully saturated rings. The van der Waals surface area contributed by atoms with E-state index in [1.165, 1.54) is 5.56 Å². The number of nitrogens with one attached hydrogen (secondary N) is 1. The van der Waals surface area contributed by atoms with Crippen molar-refractivity contribution in [2.75, 3.05) is 12.8 Å². The van der Waals surface area contributed by atoms with E-state index < -0.39 is 0 Å². The summed E-state index contributed by atoms with van der Waals surface area (Å²) in [4.78, 5) is 0. The van der Waals surface area contributed by atoms with Crippen molar-refractivity contribution >= 4 is 17.2 Å². The third kappa shape index (κ3) is 1.96. The van der Waals surface area contributed by atoms with Gasteiger partial charge in [0.1, 0.15) is 5.75 Å². The standard InChI is InChI=1S/C15H15N3OS/c1-9-7-20-8-11(9)14-13(15(16)18-17-14)10-5-3-4-6-12(10)19-2/h3-8H,1-2H3,(H3,16,17,18). The normalized spacial score (nSPS) is 10.7. The molecule has 0 spiro atoms. The number of aryl methyl sites for hydroxylation is 1. The van der Waals surface area contributed by atoms with Gasteiger partial charge in [0.05, 0.1) is 18.4 Å². The van der Waals surface area contributed by atoms with Gasteiger partial charge in [-0.05, 0) is 23.9 Å². The number of methoxy groups -OCH3 is 1. The number of H-pyrrole nitrogens is 1. The number of aromatic amines is 1. The molecular formula is C15H15N3OS. The van der Waals surface area contributed by atoms with Crippen LogP contribution in [-0.4, -0.2) is 17.3 Å². The summed E-state index contributed by atoms with van der Waals surface area (Å²) < 4.78 is 5.43. The van der Waals surface area contributed by atoms with Gasteiger partial charge in [0, 0.05) is 16.5 Å². The predicted molar refractivity (Wildman–Crippen MR) is 83.0 cm³/mol. The fourth-order valence-corrected chi connectivity index (χ4v) is 3.13. The minimum Gasteiger partial charge on any atom is -0.496 e. The summed E-state index contributed by atoms with van der Waals surface area (Å²) in [5.41, 5.74) is 11.2. The number of thiophene rings is 1. The van der Waals surface area contributed by atoms with Gasteiger partial charge in [-0.1, -0.05) is 18.2 Å². The molecule has 0 aliphatic carbocycles. The summed E-state index contributed by atoms with van der Waals surface area (Å²) >= 11 is 1.66. The van der Waals surface area contributed by atoms with Crippen molar-refractivity contribution in [2.24, 2.45) is 0 Å². The van der Waals surface area contributed by atoms with Gasteiger partial charge < -0.3 is 10.5 Å². The highest BCUT2D eigenvalue weighted by Crippen LogP contribution is 2.40. The number of anilines is 1. The number of nitrogens with zero attached hydrogens (tertiary/aromatic N) is 1. The van der Waals surface area contributed by atoms with Crippen molar-refractivity contribution in [1.29, 1.82) is 0 Å². The molecule has 0 amide bonds. The molecule has 0 saturated heterocycles. The summed E-state index contributed by atoms with van der Waals surface area (Å²) in [5.74, 6) is 1.27. The molecule has 20 heavy (non-hydrogen) atoms. The van der Waals surface area contributed by atoms with Gasteiger partial charge >= 0.3 is 0 Å². The van der Waals surface area contributed by atoms with Gasteiger partial charge in [-0.15, -0.1) is 0 Å². The van der Waals surface area contributed by atoms with Crippen LogP contribution in [0, 0.1) is 6.92 Å². The first-order chi connectivity index (χ1) is 9.72. The largest absolute Gasteiger partial charge is 0.496 e. The Kier molecular flexibility index (Phi) is 3.20. The second kappa shape index (κ2) is 5.02. The van der Waals surface area contributed by atoms with E-state index in [-0.39, 0.29) is 0 Å². The Morgan fingerprint density at radius 3 is 2.70 bits per heavy atom. The Morgan fingerprint density at radius 1 is 1.20 bits per heavy atom. The highest BCUT2D eigenvalue weighted by molar-refractivity contribution is 7.08. The molecule has 3 aromatic rings. The molecule has 5 heteroatoms. The minimum atomic E-state index is 0.482. The molecule has 3 rings (SSSR count). The SMILES string of the molecule is COc1ccccc1-c1c(N)n[nH]c1-c1cscc1C. The Labute approximate surface area is 121 Å². The Morgan fingerprint density at radius 2 is 2.00 bits per heavy atom. The zero-order valence-electron chi connectivity index (χ0n) is 11.3. The lowest BCUT2D eigenvalue weighted by Gasteiger charge is -2.09. The average Bonchev–Trinajstić information content (AvgIpc) is 3.04. The number of benzene rings is 1. The molecule has 0 saturated carbocycles. The molecule has 2 heterocycles. The fourth-order valence-electron chi connectivity index (χ4n) is 2.29. The molecule has 0 aliphatic rings. The summed E-state index contributed by atoms with van der Waals surface area (Å²) in [6, 6.07) is 7.82. The van der Waals surface area contributed by atoms with Crippen LogP contribution in [0.25, 0.3) is 22.4 Å². The molecule has 4 nitrogen and oxygen atoms in total. The maximum atomic E-state index is 6.06. The third-order valence-electron chi connectivity index (χ3n) is 3.30. The van der Waals surface area contributed by atoms with Gasteiger partial charge in [-0.2, -0.15) is 16.4 Å². The molecule has 0 aliphatic heterocycles. The van der Waals surface area contributed by atoms with Crippen LogP contribution in [0.4, 0.5) is 5.82 Å². The number of ether oxygens (including phenoxy) is 1. The predicted octanol–water partition coefficient (Wildman–Crippen LogP) is 3.70. The molecule has 102 valence electrons. The maximum absolute atomic E-state index is 6.06. The van der Waals surface area contributed by atoms with Crippen LogP contribution in [0.15, 0.2) is 35.0 Å². The minimum absolute atomic E-state index is 0.482. The van der Waals surface area contributed by atoms with Crippen LogP contribution in [0.1, 0.15) is 5.56 Å². The van der Waals surface area contributed by atoms with Crippen molar-refractivity contribution < 1.29 is 4.74 Å². The van der Waals surface area contributed by atoms with Crippen LogP contribution < -0.4 is 10.5 Å². The van der Waals surface area contributed by atoms with Gasteiger partial charge in [0.25, 0.3) is 0 Å². The highest BCUT2D eigenvalue weighted by Gasteiger charge is 2.19. The number of hydrogen-bond donors (Lipinski definition) is 2. The molecule has 3 N–H and O–H groups in total. The van der Waals surface area contributed by atoms with Crippen molar-refractivity contribution in [3.8, 4) is 28.1 Å². The average molecular weight is 285 g/mol. The van der Waals surface area contributed by atoms with Crippen molar-refractivity contribution in [3.63, 3.8) is 0 Å². The zero-order chi connectivity index (χ0) is 14.1. The topological polar surface area (TPSA) is 63.9 Å². The highest BCUT2D eigenvalue weighted by atomic mass is 32.1. The first-order valence-corrected chi connectivity index (χ1v) is 7.17. The van der Waals surface area contributed by atoms with E-state index in [9.17, 15) is 0 Å². The Hall–Kier alpha value is -2.27. The number of hydrogen-bond acceptors (Lipinski definition) is 4. The fraction of sp³-hybridized carbons (Fsp3) is 0.133. The van der Waals surface area contributed by atoms with Crippen molar-refractivity contribution in [1.82, 2.24) is 10.2 Å². The molecular weight excluding hydrogens is 270 g/mol. The number of rotatable bonds is 3. The van der Waals surface area contributed by atoms with Gasteiger partial charge in [0.15, 0.2) is 5.82 Å². The monoisotopic (exact) mass is 285 g/mol. The van der Waals surface area contributed by atoms with E-state index in [0.717, 1.165) is 28.1 Å². The van der Waals surface area contributed by atoms with Gasteiger partial charge in [-0.25, -0.2) is 0 Å². The van der Waals surface area contributed by atoms with Crippen LogP contribution in [0.3, 0.4) is 0 Å². The number of nitrogen functional groups attached to an aromatic ring is 1. The second-order valence-corrected chi connectivity index (χ2v) is 5.27. The third-order valence-corrected chi connectivity index (χ3v) is 4.16. The van der Waals surface area contributed by atoms with E-state index in [4.69, 9.17) is 10.5 Å². The van der Waals surface area contributed by atoms with Crippen molar-refractivity contribution in [2.45, 2.75) is 6.92 Å².